The predicted molar refractivity (Wildman–Crippen MR) is 86.0 cm³/mol. The summed E-state index contributed by atoms with van der Waals surface area (Å²) >= 11 is 1.87. The number of hydrogen-bond donors (Lipinski definition) is 1. The summed E-state index contributed by atoms with van der Waals surface area (Å²) in [5, 5.41) is 2.18. The smallest absolute Gasteiger partial charge is 0.0362 e. The fourth-order valence-corrected chi connectivity index (χ4v) is 4.84. The van der Waals surface area contributed by atoms with Crippen LogP contribution >= 0.6 is 11.3 Å². The van der Waals surface area contributed by atoms with Crippen molar-refractivity contribution in [1.29, 1.82) is 0 Å². The molecule has 20 heavy (non-hydrogen) atoms. The van der Waals surface area contributed by atoms with Crippen molar-refractivity contribution in [3.8, 4) is 0 Å². The maximum Gasteiger partial charge on any atom is 0.0362 e. The molecule has 2 N–H and O–H groups in total. The van der Waals surface area contributed by atoms with Gasteiger partial charge in [-0.25, -0.2) is 0 Å². The maximum atomic E-state index is 6.27. The van der Waals surface area contributed by atoms with E-state index in [2.05, 4.69) is 34.2 Å². The molecule has 0 spiro atoms. The van der Waals surface area contributed by atoms with E-state index in [-0.39, 0.29) is 5.54 Å². The third-order valence-corrected chi connectivity index (χ3v) is 6.20. The van der Waals surface area contributed by atoms with Crippen molar-refractivity contribution in [1.82, 2.24) is 9.80 Å². The Kier molecular flexibility index (Phi) is 4.46. The number of hydrogen-bond acceptors (Lipinski definition) is 4. The minimum atomic E-state index is 0.226. The molecule has 0 aromatic carbocycles. The summed E-state index contributed by atoms with van der Waals surface area (Å²) in [5.74, 6) is 0. The number of rotatable bonds is 5. The van der Waals surface area contributed by atoms with Crippen LogP contribution in [-0.2, 0) is 6.54 Å². The summed E-state index contributed by atoms with van der Waals surface area (Å²) in [4.78, 5) is 6.80. The van der Waals surface area contributed by atoms with E-state index in [4.69, 9.17) is 5.73 Å². The molecule has 0 bridgehead atoms. The Bertz CT molecular complexity index is 419. The molecule has 0 saturated carbocycles. The van der Waals surface area contributed by atoms with Crippen molar-refractivity contribution in [3.05, 3.63) is 22.4 Å². The van der Waals surface area contributed by atoms with Gasteiger partial charge in [0.1, 0.15) is 0 Å². The van der Waals surface area contributed by atoms with Gasteiger partial charge >= 0.3 is 0 Å². The number of likely N-dealkylation sites (N-methyl/N-ethyl adjacent to an activating group) is 1. The second-order valence-corrected chi connectivity index (χ2v) is 7.34. The molecule has 1 aromatic heterocycles. The van der Waals surface area contributed by atoms with E-state index in [0.717, 1.165) is 25.7 Å². The lowest BCUT2D eigenvalue weighted by atomic mass is 9.81. The normalized spacial score (nSPS) is 30.9. The standard InChI is InChI=1S/C16H27N3S/c1-2-19(12-15-6-4-10-20-15)16(13-17)7-9-18-8-3-5-14(18)11-16/h4,6,10,14H,2-3,5,7-9,11-13,17H2,1H3. The monoisotopic (exact) mass is 293 g/mol. The molecule has 0 amide bonds. The quantitative estimate of drug-likeness (QED) is 0.905. The molecule has 3 heterocycles. The van der Waals surface area contributed by atoms with Crippen LogP contribution in [0.3, 0.4) is 0 Å². The van der Waals surface area contributed by atoms with E-state index >= 15 is 0 Å². The zero-order valence-corrected chi connectivity index (χ0v) is 13.4. The molecule has 2 fully saturated rings. The molecule has 0 aliphatic carbocycles. The maximum absolute atomic E-state index is 6.27. The Morgan fingerprint density at radius 2 is 2.40 bits per heavy atom. The van der Waals surface area contributed by atoms with Gasteiger partial charge in [-0.2, -0.15) is 0 Å². The first kappa shape index (κ1) is 14.5. The zero-order valence-electron chi connectivity index (χ0n) is 12.6. The van der Waals surface area contributed by atoms with E-state index < -0.39 is 0 Å². The van der Waals surface area contributed by atoms with Crippen LogP contribution < -0.4 is 5.73 Å². The first-order valence-corrected chi connectivity index (χ1v) is 8.87. The third-order valence-electron chi connectivity index (χ3n) is 5.34. The molecule has 3 nitrogen and oxygen atoms in total. The molecule has 1 aromatic rings. The lowest BCUT2D eigenvalue weighted by Gasteiger charge is -2.50. The van der Waals surface area contributed by atoms with Gasteiger partial charge in [-0.05, 0) is 50.2 Å². The Labute approximate surface area is 126 Å². The van der Waals surface area contributed by atoms with Gasteiger partial charge in [-0.15, -0.1) is 11.3 Å². The van der Waals surface area contributed by atoms with Crippen LogP contribution in [0.4, 0.5) is 0 Å². The Hall–Kier alpha value is -0.420. The highest BCUT2D eigenvalue weighted by Crippen LogP contribution is 2.37. The van der Waals surface area contributed by atoms with Crippen molar-refractivity contribution in [2.75, 3.05) is 26.2 Å². The Balaban J connectivity index is 1.75. The summed E-state index contributed by atoms with van der Waals surface area (Å²) in [6.07, 6.45) is 5.25. The zero-order chi connectivity index (χ0) is 14.0. The van der Waals surface area contributed by atoms with Gasteiger partial charge in [0.15, 0.2) is 0 Å². The summed E-state index contributed by atoms with van der Waals surface area (Å²) in [7, 11) is 0. The second-order valence-electron chi connectivity index (χ2n) is 6.31. The molecule has 2 aliphatic rings. The third kappa shape index (κ3) is 2.67. The van der Waals surface area contributed by atoms with Gasteiger partial charge < -0.3 is 10.6 Å². The molecule has 2 saturated heterocycles. The van der Waals surface area contributed by atoms with Crippen LogP contribution in [0.5, 0.6) is 0 Å². The summed E-state index contributed by atoms with van der Waals surface area (Å²) in [5.41, 5.74) is 6.50. The number of nitrogens with zero attached hydrogens (tertiary/aromatic N) is 2. The van der Waals surface area contributed by atoms with Gasteiger partial charge in [0.05, 0.1) is 0 Å². The molecular formula is C16H27N3S. The first-order chi connectivity index (χ1) is 9.77. The molecule has 4 heteroatoms. The van der Waals surface area contributed by atoms with Crippen molar-refractivity contribution in [3.63, 3.8) is 0 Å². The van der Waals surface area contributed by atoms with Crippen molar-refractivity contribution >= 4 is 11.3 Å². The number of nitrogens with two attached hydrogens (primary N) is 1. The molecule has 2 unspecified atom stereocenters. The minimum Gasteiger partial charge on any atom is -0.329 e. The summed E-state index contributed by atoms with van der Waals surface area (Å²) < 4.78 is 0. The van der Waals surface area contributed by atoms with Crippen LogP contribution in [0, 0.1) is 0 Å². The lowest BCUT2D eigenvalue weighted by Crippen LogP contribution is -2.60. The fraction of sp³-hybridized carbons (Fsp3) is 0.750. The average molecular weight is 293 g/mol. The van der Waals surface area contributed by atoms with Crippen molar-refractivity contribution in [2.45, 2.75) is 50.7 Å². The van der Waals surface area contributed by atoms with E-state index in [1.165, 1.54) is 43.6 Å². The van der Waals surface area contributed by atoms with Gasteiger partial charge in [-0.3, -0.25) is 4.90 Å². The highest BCUT2D eigenvalue weighted by atomic mass is 32.1. The van der Waals surface area contributed by atoms with Crippen LogP contribution in [0.2, 0.25) is 0 Å². The van der Waals surface area contributed by atoms with Crippen LogP contribution in [-0.4, -0.2) is 47.6 Å². The van der Waals surface area contributed by atoms with Crippen molar-refractivity contribution < 1.29 is 0 Å². The summed E-state index contributed by atoms with van der Waals surface area (Å²) in [6, 6.07) is 5.19. The number of piperidine rings is 1. The SMILES string of the molecule is CCN(Cc1cccs1)C1(CN)CCN2CCCC2C1. The number of thiophene rings is 1. The highest BCUT2D eigenvalue weighted by Gasteiger charge is 2.43. The van der Waals surface area contributed by atoms with E-state index in [1.807, 2.05) is 11.3 Å². The largest absolute Gasteiger partial charge is 0.329 e. The highest BCUT2D eigenvalue weighted by molar-refractivity contribution is 7.09. The minimum absolute atomic E-state index is 0.226. The molecule has 112 valence electrons. The number of fused-ring (bicyclic) bond motifs is 1. The molecule has 2 aliphatic heterocycles. The Morgan fingerprint density at radius 1 is 1.50 bits per heavy atom. The summed E-state index contributed by atoms with van der Waals surface area (Å²) in [6.45, 7) is 7.80. The first-order valence-electron chi connectivity index (χ1n) is 7.99. The van der Waals surface area contributed by atoms with E-state index in [0.29, 0.717) is 0 Å². The van der Waals surface area contributed by atoms with Gasteiger partial charge in [0, 0.05) is 36.1 Å². The van der Waals surface area contributed by atoms with Crippen LogP contribution in [0.1, 0.15) is 37.5 Å². The van der Waals surface area contributed by atoms with Gasteiger partial charge in [0.25, 0.3) is 0 Å². The Morgan fingerprint density at radius 3 is 3.10 bits per heavy atom. The van der Waals surface area contributed by atoms with Crippen LogP contribution in [0.25, 0.3) is 0 Å². The van der Waals surface area contributed by atoms with Gasteiger partial charge in [-0.1, -0.05) is 13.0 Å². The molecule has 0 radical (unpaired) electrons. The van der Waals surface area contributed by atoms with Crippen molar-refractivity contribution in [2.24, 2.45) is 5.73 Å². The van der Waals surface area contributed by atoms with E-state index in [1.54, 1.807) is 0 Å². The van der Waals surface area contributed by atoms with E-state index in [9.17, 15) is 0 Å². The average Bonchev–Trinajstić information content (AvgIpc) is 3.14. The predicted octanol–water partition coefficient (Wildman–Crippen LogP) is 2.53. The molecular weight excluding hydrogens is 266 g/mol. The fourth-order valence-electron chi connectivity index (χ4n) is 4.12. The van der Waals surface area contributed by atoms with Crippen LogP contribution in [0.15, 0.2) is 17.5 Å². The van der Waals surface area contributed by atoms with Gasteiger partial charge in [0.2, 0.25) is 0 Å². The topological polar surface area (TPSA) is 32.5 Å². The molecule has 2 atom stereocenters. The molecule has 3 rings (SSSR count). The second kappa shape index (κ2) is 6.14. The lowest BCUT2D eigenvalue weighted by molar-refractivity contribution is 0.00865.